The molecule has 0 aliphatic heterocycles. The largest absolute Gasteiger partial charge is 0.0988 e. The first-order valence-electron chi connectivity index (χ1n) is 2.83. The van der Waals surface area contributed by atoms with Crippen molar-refractivity contribution in [2.24, 2.45) is 0 Å². The summed E-state index contributed by atoms with van der Waals surface area (Å²) in [5, 5.41) is 0. The molecule has 1 aliphatic rings. The summed E-state index contributed by atoms with van der Waals surface area (Å²) in [6.07, 6.45) is 6.27. The first-order valence-corrected chi connectivity index (χ1v) is 2.83. The minimum absolute atomic E-state index is 1.13. The molecule has 0 aromatic heterocycles. The fraction of sp³-hybridized carbons (Fsp3) is 0.250. The zero-order valence-electron chi connectivity index (χ0n) is 4.98. The van der Waals surface area contributed by atoms with Crippen LogP contribution in [0.4, 0.5) is 0 Å². The minimum atomic E-state index is 1.13. The lowest BCUT2D eigenvalue weighted by atomic mass is 10.2. The highest BCUT2D eigenvalue weighted by atomic mass is 14.1. The molecule has 1 rings (SSSR count). The third kappa shape index (κ3) is 0.890. The van der Waals surface area contributed by atoms with Gasteiger partial charge >= 0.3 is 0 Å². The van der Waals surface area contributed by atoms with Gasteiger partial charge in [0, 0.05) is 0 Å². The maximum atomic E-state index is 3.83. The van der Waals surface area contributed by atoms with E-state index in [9.17, 15) is 0 Å². The molecule has 0 spiro atoms. The number of allylic oxidation sites excluding steroid dienone is 4. The Morgan fingerprint density at radius 3 is 2.50 bits per heavy atom. The van der Waals surface area contributed by atoms with Crippen molar-refractivity contribution in [1.82, 2.24) is 0 Å². The Bertz CT molecular complexity index is 149. The fourth-order valence-electron chi connectivity index (χ4n) is 0.872. The first-order chi connectivity index (χ1) is 3.83. The van der Waals surface area contributed by atoms with Crippen molar-refractivity contribution in [3.05, 3.63) is 36.5 Å². The third-order valence-electron chi connectivity index (χ3n) is 1.39. The molecule has 0 fully saturated rings. The van der Waals surface area contributed by atoms with Gasteiger partial charge in [0.15, 0.2) is 0 Å². The molecule has 0 saturated heterocycles. The van der Waals surface area contributed by atoms with E-state index in [1.165, 1.54) is 11.1 Å². The van der Waals surface area contributed by atoms with Gasteiger partial charge in [-0.25, -0.2) is 0 Å². The van der Waals surface area contributed by atoms with Crippen molar-refractivity contribution in [2.75, 3.05) is 0 Å². The molecule has 0 saturated carbocycles. The summed E-state index contributed by atoms with van der Waals surface area (Å²) in [5.74, 6) is 0. The first kappa shape index (κ1) is 5.36. The van der Waals surface area contributed by atoms with Crippen LogP contribution in [0.1, 0.15) is 12.8 Å². The molecule has 0 heteroatoms. The molecule has 8 heavy (non-hydrogen) atoms. The molecule has 0 N–H and O–H groups in total. The highest BCUT2D eigenvalue weighted by Gasteiger charge is 2.01. The molecule has 0 heterocycles. The predicted octanol–water partition coefficient (Wildman–Crippen LogP) is 2.45. The molecule has 0 aromatic carbocycles. The van der Waals surface area contributed by atoms with Gasteiger partial charge in [-0.1, -0.05) is 30.9 Å². The third-order valence-corrected chi connectivity index (χ3v) is 1.39. The Hall–Kier alpha value is -0.780. The summed E-state index contributed by atoms with van der Waals surface area (Å²) in [7, 11) is 0. The van der Waals surface area contributed by atoms with Gasteiger partial charge < -0.3 is 0 Å². The standard InChI is InChI=1S/C8H10/c1-3-8-5-4-7(2)6-8/h3,6H,1-2,4-5H2. The predicted molar refractivity (Wildman–Crippen MR) is 36.7 cm³/mol. The maximum Gasteiger partial charge on any atom is -0.0239 e. The Kier molecular flexibility index (Phi) is 1.34. The SMILES string of the molecule is C=CC1=CC(=C)CC1. The van der Waals surface area contributed by atoms with Gasteiger partial charge in [0.25, 0.3) is 0 Å². The van der Waals surface area contributed by atoms with E-state index in [-0.39, 0.29) is 0 Å². The van der Waals surface area contributed by atoms with E-state index in [2.05, 4.69) is 19.2 Å². The molecule has 0 amide bonds. The van der Waals surface area contributed by atoms with Gasteiger partial charge in [0.05, 0.1) is 0 Å². The quantitative estimate of drug-likeness (QED) is 0.481. The van der Waals surface area contributed by atoms with Crippen LogP contribution in [-0.2, 0) is 0 Å². The number of hydrogen-bond donors (Lipinski definition) is 0. The van der Waals surface area contributed by atoms with Crippen molar-refractivity contribution < 1.29 is 0 Å². The van der Waals surface area contributed by atoms with E-state index >= 15 is 0 Å². The fourth-order valence-corrected chi connectivity index (χ4v) is 0.872. The smallest absolute Gasteiger partial charge is 0.0239 e. The maximum absolute atomic E-state index is 3.83. The topological polar surface area (TPSA) is 0 Å². The molecule has 0 unspecified atom stereocenters. The zero-order valence-corrected chi connectivity index (χ0v) is 4.98. The lowest BCUT2D eigenvalue weighted by Crippen LogP contribution is -1.64. The number of rotatable bonds is 1. The van der Waals surface area contributed by atoms with E-state index in [1.807, 2.05) is 6.08 Å². The Balaban J connectivity index is 2.70. The Morgan fingerprint density at radius 2 is 2.25 bits per heavy atom. The lowest BCUT2D eigenvalue weighted by Gasteiger charge is -1.83. The van der Waals surface area contributed by atoms with Gasteiger partial charge in [-0.05, 0) is 18.4 Å². The van der Waals surface area contributed by atoms with Gasteiger partial charge in [0.1, 0.15) is 0 Å². The molecule has 1 aliphatic carbocycles. The summed E-state index contributed by atoms with van der Waals surface area (Å²) < 4.78 is 0. The summed E-state index contributed by atoms with van der Waals surface area (Å²) in [5.41, 5.74) is 2.56. The average Bonchev–Trinajstić information content (AvgIpc) is 2.14. The van der Waals surface area contributed by atoms with Crippen LogP contribution < -0.4 is 0 Å². The average molecular weight is 106 g/mol. The van der Waals surface area contributed by atoms with Gasteiger partial charge in [-0.2, -0.15) is 0 Å². The van der Waals surface area contributed by atoms with E-state index in [1.54, 1.807) is 0 Å². The monoisotopic (exact) mass is 106 g/mol. The van der Waals surface area contributed by atoms with Gasteiger partial charge in [0.2, 0.25) is 0 Å². The van der Waals surface area contributed by atoms with Crippen LogP contribution in [0.15, 0.2) is 36.5 Å². The highest BCUT2D eigenvalue weighted by Crippen LogP contribution is 2.21. The van der Waals surface area contributed by atoms with Crippen LogP contribution in [-0.4, -0.2) is 0 Å². The molecular formula is C8H10. The van der Waals surface area contributed by atoms with Crippen LogP contribution in [0.25, 0.3) is 0 Å². The summed E-state index contributed by atoms with van der Waals surface area (Å²) >= 11 is 0. The molecule has 0 bridgehead atoms. The summed E-state index contributed by atoms with van der Waals surface area (Å²) in [6.45, 7) is 7.50. The van der Waals surface area contributed by atoms with Crippen LogP contribution in [0.3, 0.4) is 0 Å². The minimum Gasteiger partial charge on any atom is -0.0988 e. The molecule has 0 nitrogen and oxygen atoms in total. The summed E-state index contributed by atoms with van der Waals surface area (Å²) in [6, 6.07) is 0. The van der Waals surface area contributed by atoms with Gasteiger partial charge in [-0.15, -0.1) is 0 Å². The van der Waals surface area contributed by atoms with E-state index in [4.69, 9.17) is 0 Å². The second-order valence-electron chi connectivity index (χ2n) is 2.08. The van der Waals surface area contributed by atoms with Crippen LogP contribution >= 0.6 is 0 Å². The zero-order chi connectivity index (χ0) is 5.98. The summed E-state index contributed by atoms with van der Waals surface area (Å²) in [4.78, 5) is 0. The second-order valence-corrected chi connectivity index (χ2v) is 2.08. The number of hydrogen-bond acceptors (Lipinski definition) is 0. The normalized spacial score (nSPS) is 18.5. The molecule has 0 atom stereocenters. The molecule has 0 aromatic rings. The van der Waals surface area contributed by atoms with Crippen molar-refractivity contribution >= 4 is 0 Å². The molecular weight excluding hydrogens is 96.1 g/mol. The van der Waals surface area contributed by atoms with E-state index in [0.29, 0.717) is 0 Å². The highest BCUT2D eigenvalue weighted by molar-refractivity contribution is 5.33. The molecule has 42 valence electrons. The van der Waals surface area contributed by atoms with E-state index < -0.39 is 0 Å². The van der Waals surface area contributed by atoms with Crippen molar-refractivity contribution in [3.63, 3.8) is 0 Å². The second kappa shape index (κ2) is 1.99. The van der Waals surface area contributed by atoms with Crippen molar-refractivity contribution in [3.8, 4) is 0 Å². The lowest BCUT2D eigenvalue weighted by molar-refractivity contribution is 1.04. The Morgan fingerprint density at radius 1 is 1.50 bits per heavy atom. The molecule has 0 radical (unpaired) electrons. The van der Waals surface area contributed by atoms with Crippen LogP contribution in [0, 0.1) is 0 Å². The van der Waals surface area contributed by atoms with Gasteiger partial charge in [-0.3, -0.25) is 0 Å². The Labute approximate surface area is 50.2 Å². The van der Waals surface area contributed by atoms with E-state index in [0.717, 1.165) is 12.8 Å². The van der Waals surface area contributed by atoms with Crippen molar-refractivity contribution in [1.29, 1.82) is 0 Å². The van der Waals surface area contributed by atoms with Crippen LogP contribution in [0.5, 0.6) is 0 Å². The van der Waals surface area contributed by atoms with Crippen molar-refractivity contribution in [2.45, 2.75) is 12.8 Å². The van der Waals surface area contributed by atoms with Crippen LogP contribution in [0.2, 0.25) is 0 Å².